The summed E-state index contributed by atoms with van der Waals surface area (Å²) in [6.45, 7) is 2.39. The van der Waals surface area contributed by atoms with Crippen LogP contribution < -0.4 is 4.74 Å². The molecule has 11 nitrogen and oxygen atoms in total. The van der Waals surface area contributed by atoms with Crippen molar-refractivity contribution in [2.75, 3.05) is 26.8 Å². The number of amides is 1. The molecule has 14 heteroatoms. The Bertz CT molecular complexity index is 1480. The van der Waals surface area contributed by atoms with Gasteiger partial charge in [-0.1, -0.05) is 5.21 Å². The van der Waals surface area contributed by atoms with Crippen LogP contribution in [0.1, 0.15) is 36.4 Å². The first-order valence-corrected chi connectivity index (χ1v) is 11.8. The summed E-state index contributed by atoms with van der Waals surface area (Å²) >= 11 is 0. The minimum atomic E-state index is -0.996. The number of ether oxygens (including phenoxy) is 2. The molecule has 200 valence electrons. The van der Waals surface area contributed by atoms with Crippen molar-refractivity contribution in [1.82, 2.24) is 34.5 Å². The molecule has 4 aromatic rings. The fourth-order valence-electron chi connectivity index (χ4n) is 4.63. The van der Waals surface area contributed by atoms with Crippen LogP contribution in [-0.4, -0.2) is 72.5 Å². The van der Waals surface area contributed by atoms with Crippen LogP contribution in [-0.2, 0) is 4.74 Å². The molecule has 0 bridgehead atoms. The van der Waals surface area contributed by atoms with Crippen molar-refractivity contribution in [3.8, 4) is 17.0 Å². The summed E-state index contributed by atoms with van der Waals surface area (Å²) in [4.78, 5) is 16.4. The van der Waals surface area contributed by atoms with Gasteiger partial charge < -0.3 is 19.5 Å². The maximum Gasteiger partial charge on any atom is 0.407 e. The molecule has 1 N–H and O–H groups in total. The van der Waals surface area contributed by atoms with Crippen LogP contribution in [0.15, 0.2) is 30.7 Å². The summed E-state index contributed by atoms with van der Waals surface area (Å²) in [5.41, 5.74) is 1.71. The summed E-state index contributed by atoms with van der Waals surface area (Å²) < 4.78 is 56.4. The van der Waals surface area contributed by atoms with Crippen LogP contribution in [0.25, 0.3) is 16.8 Å². The third-order valence-electron chi connectivity index (χ3n) is 6.63. The van der Waals surface area contributed by atoms with Gasteiger partial charge in [-0.3, -0.25) is 4.98 Å². The van der Waals surface area contributed by atoms with Gasteiger partial charge in [0.1, 0.15) is 47.0 Å². The van der Waals surface area contributed by atoms with Crippen molar-refractivity contribution in [3.63, 3.8) is 0 Å². The van der Waals surface area contributed by atoms with E-state index in [2.05, 4.69) is 20.4 Å². The number of carboxylic acid groups (broad SMARTS) is 1. The van der Waals surface area contributed by atoms with Crippen molar-refractivity contribution in [1.29, 1.82) is 0 Å². The SMILES string of the molecule is COC(COc1cc(-c2nnn(C3CCN(C(=O)O)CC3)c2C)cn2ncc(F)c12)c1ncc(F)cc1F. The number of hydrogen-bond acceptors (Lipinski definition) is 7. The van der Waals surface area contributed by atoms with Crippen molar-refractivity contribution >= 4 is 11.6 Å². The van der Waals surface area contributed by atoms with Gasteiger partial charge in [0.2, 0.25) is 0 Å². The molecule has 0 radical (unpaired) electrons. The van der Waals surface area contributed by atoms with Gasteiger partial charge in [-0.25, -0.2) is 27.2 Å². The lowest BCUT2D eigenvalue weighted by atomic mass is 10.0. The van der Waals surface area contributed by atoms with Gasteiger partial charge in [0.25, 0.3) is 0 Å². The highest BCUT2D eigenvalue weighted by atomic mass is 19.1. The molecule has 4 aromatic heterocycles. The first-order chi connectivity index (χ1) is 18.3. The van der Waals surface area contributed by atoms with Gasteiger partial charge in [0.15, 0.2) is 5.82 Å². The molecule has 1 saturated heterocycles. The lowest BCUT2D eigenvalue weighted by molar-refractivity contribution is 0.0519. The minimum absolute atomic E-state index is 0.0194. The van der Waals surface area contributed by atoms with Crippen LogP contribution in [0.4, 0.5) is 18.0 Å². The number of likely N-dealkylation sites (tertiary alicyclic amines) is 1. The van der Waals surface area contributed by atoms with Crippen molar-refractivity contribution in [2.45, 2.75) is 31.9 Å². The third kappa shape index (κ3) is 4.74. The smallest absolute Gasteiger partial charge is 0.407 e. The van der Waals surface area contributed by atoms with Gasteiger partial charge in [0.05, 0.1) is 24.1 Å². The van der Waals surface area contributed by atoms with Crippen LogP contribution >= 0.6 is 0 Å². The van der Waals surface area contributed by atoms with Crippen molar-refractivity contribution in [3.05, 3.63) is 59.6 Å². The Morgan fingerprint density at radius 1 is 1.18 bits per heavy atom. The maximum atomic E-state index is 14.6. The highest BCUT2D eigenvalue weighted by Crippen LogP contribution is 2.33. The molecule has 5 heterocycles. The van der Waals surface area contributed by atoms with Crippen molar-refractivity contribution in [2.24, 2.45) is 0 Å². The van der Waals surface area contributed by atoms with Crippen LogP contribution in [0, 0.1) is 24.4 Å². The topological polar surface area (TPSA) is 120 Å². The lowest BCUT2D eigenvalue weighted by Crippen LogP contribution is -2.38. The van der Waals surface area contributed by atoms with E-state index in [1.807, 2.05) is 6.92 Å². The van der Waals surface area contributed by atoms with E-state index in [1.54, 1.807) is 16.9 Å². The number of fused-ring (bicyclic) bond motifs is 1. The number of nitrogens with zero attached hydrogens (tertiary/aromatic N) is 7. The summed E-state index contributed by atoms with van der Waals surface area (Å²) in [6, 6.07) is 2.26. The summed E-state index contributed by atoms with van der Waals surface area (Å²) in [6.07, 6.45) is 2.76. The zero-order valence-corrected chi connectivity index (χ0v) is 20.5. The predicted octanol–water partition coefficient (Wildman–Crippen LogP) is 3.79. The number of methoxy groups -OCH3 is 1. The second kappa shape index (κ2) is 10.3. The number of halogens is 3. The molecule has 38 heavy (non-hydrogen) atoms. The number of aromatic nitrogens is 6. The summed E-state index contributed by atoms with van der Waals surface area (Å²) in [7, 11) is 1.33. The van der Waals surface area contributed by atoms with E-state index in [9.17, 15) is 23.1 Å². The molecule has 1 unspecified atom stereocenters. The molecule has 0 aromatic carbocycles. The molecule has 0 saturated carbocycles. The molecule has 1 aliphatic heterocycles. The number of pyridine rings is 2. The van der Waals surface area contributed by atoms with Gasteiger partial charge >= 0.3 is 6.09 Å². The van der Waals surface area contributed by atoms with Gasteiger partial charge in [0, 0.05) is 38.0 Å². The first-order valence-electron chi connectivity index (χ1n) is 11.8. The fourth-order valence-corrected chi connectivity index (χ4v) is 4.63. The molecule has 5 rings (SSSR count). The average molecular weight is 531 g/mol. The van der Waals surface area contributed by atoms with E-state index >= 15 is 0 Å². The Morgan fingerprint density at radius 3 is 2.63 bits per heavy atom. The zero-order chi connectivity index (χ0) is 27.0. The maximum absolute atomic E-state index is 14.6. The Balaban J connectivity index is 1.43. The fraction of sp³-hybridized carbons (Fsp3) is 0.375. The largest absolute Gasteiger partial charge is 0.488 e. The number of rotatable bonds is 7. The van der Waals surface area contributed by atoms with E-state index in [4.69, 9.17) is 9.47 Å². The van der Waals surface area contributed by atoms with Crippen LogP contribution in [0.3, 0.4) is 0 Å². The van der Waals surface area contributed by atoms with Gasteiger partial charge in [-0.15, -0.1) is 5.10 Å². The summed E-state index contributed by atoms with van der Waals surface area (Å²) in [5, 5.41) is 21.9. The summed E-state index contributed by atoms with van der Waals surface area (Å²) in [5.74, 6) is -2.24. The van der Waals surface area contributed by atoms with E-state index in [1.165, 1.54) is 16.5 Å². The Kier molecular flexibility index (Phi) is 6.89. The lowest BCUT2D eigenvalue weighted by Gasteiger charge is -2.30. The van der Waals surface area contributed by atoms with Crippen LogP contribution in [0.2, 0.25) is 0 Å². The molecule has 1 atom stereocenters. The Morgan fingerprint density at radius 2 is 1.95 bits per heavy atom. The molecule has 1 fully saturated rings. The van der Waals surface area contributed by atoms with E-state index < -0.39 is 29.6 Å². The quantitative estimate of drug-likeness (QED) is 0.383. The highest BCUT2D eigenvalue weighted by molar-refractivity contribution is 5.70. The standard InChI is InChI=1S/C24H24F3N7O4/c1-13-21(30-31-34(13)16-3-5-32(6-4-16)24(35)36)14-7-19(23-18(27)10-29-33(23)11-14)38-12-20(37-2)22-17(26)8-15(25)9-28-22/h7-11,16,20H,3-6,12H2,1-2H3,(H,35,36). The van der Waals surface area contributed by atoms with Gasteiger partial charge in [-0.05, 0) is 25.8 Å². The number of carbonyl (C=O) groups is 1. The number of hydrogen-bond donors (Lipinski definition) is 1. The Labute approximate surface area is 214 Å². The van der Waals surface area contributed by atoms with E-state index in [-0.39, 0.29) is 29.6 Å². The predicted molar refractivity (Wildman–Crippen MR) is 126 cm³/mol. The average Bonchev–Trinajstić information content (AvgIpc) is 3.47. The minimum Gasteiger partial charge on any atom is -0.488 e. The normalized spacial score (nSPS) is 15.2. The molecule has 0 aliphatic carbocycles. The molecule has 1 amide bonds. The van der Waals surface area contributed by atoms with Gasteiger partial charge in [-0.2, -0.15) is 5.10 Å². The highest BCUT2D eigenvalue weighted by Gasteiger charge is 2.27. The molecular formula is C24H24F3N7O4. The van der Waals surface area contributed by atoms with E-state index in [0.717, 1.165) is 18.1 Å². The monoisotopic (exact) mass is 531 g/mol. The molecular weight excluding hydrogens is 507 g/mol. The van der Waals surface area contributed by atoms with E-state index in [0.29, 0.717) is 43.3 Å². The third-order valence-corrected chi connectivity index (χ3v) is 6.63. The molecule has 0 spiro atoms. The van der Waals surface area contributed by atoms with Crippen molar-refractivity contribution < 1.29 is 32.5 Å². The first kappa shape index (κ1) is 25.4. The second-order valence-corrected chi connectivity index (χ2v) is 8.90. The van der Waals surface area contributed by atoms with Crippen LogP contribution in [0.5, 0.6) is 5.75 Å². The molecule has 1 aliphatic rings. The Hall–Kier alpha value is -4.20. The second-order valence-electron chi connectivity index (χ2n) is 8.90. The zero-order valence-electron chi connectivity index (χ0n) is 20.5. The number of piperidine rings is 1.